The molecule has 0 aromatic heterocycles. The van der Waals surface area contributed by atoms with E-state index in [1.165, 1.54) is 13.2 Å². The van der Waals surface area contributed by atoms with Crippen molar-refractivity contribution in [3.8, 4) is 11.5 Å². The zero-order valence-electron chi connectivity index (χ0n) is 10.0. The van der Waals surface area contributed by atoms with E-state index in [0.717, 1.165) is 0 Å². The van der Waals surface area contributed by atoms with Crippen LogP contribution in [0.2, 0.25) is 0 Å². The molecule has 4 N–H and O–H groups in total. The van der Waals surface area contributed by atoms with Crippen LogP contribution in [0.15, 0.2) is 23.8 Å². The van der Waals surface area contributed by atoms with Crippen molar-refractivity contribution in [1.82, 2.24) is 10.6 Å². The van der Waals surface area contributed by atoms with Crippen LogP contribution < -0.4 is 15.4 Å². The summed E-state index contributed by atoms with van der Waals surface area (Å²) in [6.45, 7) is 0. The smallest absolute Gasteiger partial charge is 0.323 e. The average Bonchev–Trinajstić information content (AvgIpc) is 2.35. The Morgan fingerprint density at radius 3 is 2.74 bits per heavy atom. The molecule has 100 valence electrons. The molecule has 1 aromatic carbocycles. The second-order valence-corrected chi connectivity index (χ2v) is 3.83. The van der Waals surface area contributed by atoms with Crippen molar-refractivity contribution in [1.29, 1.82) is 0 Å². The zero-order chi connectivity index (χ0) is 14.0. The van der Waals surface area contributed by atoms with E-state index in [9.17, 15) is 19.8 Å². The molecular weight excluding hydrogens is 252 g/mol. The first-order chi connectivity index (χ1) is 9.02. The highest BCUT2D eigenvalue weighted by Crippen LogP contribution is 2.31. The molecule has 2 rings (SSSR count). The molecule has 0 bridgehead atoms. The lowest BCUT2D eigenvalue weighted by Crippen LogP contribution is -2.53. The van der Waals surface area contributed by atoms with E-state index in [2.05, 4.69) is 5.32 Å². The number of aliphatic hydroxyl groups excluding tert-OH is 1. The summed E-state index contributed by atoms with van der Waals surface area (Å²) in [5.74, 6) is -0.642. The number of nitrogens with one attached hydrogen (secondary N) is 2. The number of para-hydroxylation sites is 1. The predicted molar refractivity (Wildman–Crippen MR) is 65.3 cm³/mol. The van der Waals surface area contributed by atoms with Crippen LogP contribution in [0.4, 0.5) is 4.79 Å². The van der Waals surface area contributed by atoms with Crippen molar-refractivity contribution in [2.24, 2.45) is 0 Å². The second kappa shape index (κ2) is 4.99. The Balaban J connectivity index is 2.40. The molecule has 1 saturated heterocycles. The summed E-state index contributed by atoms with van der Waals surface area (Å²) in [6.07, 6.45) is -0.149. The number of phenols is 1. The van der Waals surface area contributed by atoms with Gasteiger partial charge in [0.25, 0.3) is 5.91 Å². The Kier molecular flexibility index (Phi) is 3.39. The standard InChI is InChI=1S/C12H12N2O5/c1-19-8-4-2-3-6(9(8)15)5-7-10(16)13-12(18)14-11(7)17/h2-5,10,15-16H,1H3,(H2,13,14,17,18). The Morgan fingerprint density at radius 1 is 1.37 bits per heavy atom. The first kappa shape index (κ1) is 12.9. The van der Waals surface area contributed by atoms with Gasteiger partial charge in [-0.25, -0.2) is 4.79 Å². The van der Waals surface area contributed by atoms with Crippen LogP contribution in [0.1, 0.15) is 5.56 Å². The molecule has 7 nitrogen and oxygen atoms in total. The number of hydrogen-bond donors (Lipinski definition) is 4. The molecule has 1 aliphatic rings. The fourth-order valence-electron chi connectivity index (χ4n) is 1.67. The molecular formula is C12H12N2O5. The Labute approximate surface area is 108 Å². The van der Waals surface area contributed by atoms with Crippen LogP contribution in [0.25, 0.3) is 6.08 Å². The van der Waals surface area contributed by atoms with E-state index in [4.69, 9.17) is 4.74 Å². The number of amides is 3. The lowest BCUT2D eigenvalue weighted by Gasteiger charge is -2.21. The summed E-state index contributed by atoms with van der Waals surface area (Å²) in [6, 6.07) is 3.94. The number of ether oxygens (including phenoxy) is 1. The van der Waals surface area contributed by atoms with Gasteiger partial charge in [-0.3, -0.25) is 10.1 Å². The maximum Gasteiger partial charge on any atom is 0.323 e. The number of carbonyl (C=O) groups excluding carboxylic acids is 2. The molecule has 0 radical (unpaired) electrons. The van der Waals surface area contributed by atoms with Gasteiger partial charge in [0.05, 0.1) is 12.7 Å². The molecule has 1 aliphatic heterocycles. The molecule has 1 atom stereocenters. The quantitative estimate of drug-likeness (QED) is 0.560. The molecule has 0 spiro atoms. The first-order valence-electron chi connectivity index (χ1n) is 5.40. The van der Waals surface area contributed by atoms with E-state index >= 15 is 0 Å². The van der Waals surface area contributed by atoms with Crippen molar-refractivity contribution in [3.63, 3.8) is 0 Å². The fourth-order valence-corrected chi connectivity index (χ4v) is 1.67. The lowest BCUT2D eigenvalue weighted by molar-refractivity contribution is -0.118. The van der Waals surface area contributed by atoms with Gasteiger partial charge < -0.3 is 20.3 Å². The van der Waals surface area contributed by atoms with Crippen LogP contribution in [0, 0.1) is 0 Å². The Hall–Kier alpha value is -2.54. The minimum absolute atomic E-state index is 0.0804. The third-order valence-corrected chi connectivity index (χ3v) is 2.61. The number of phenolic OH excluding ortho intramolecular Hbond substituents is 1. The monoisotopic (exact) mass is 264 g/mol. The predicted octanol–water partition coefficient (Wildman–Crippen LogP) is -0.0580. The highest BCUT2D eigenvalue weighted by molar-refractivity contribution is 6.09. The van der Waals surface area contributed by atoms with Gasteiger partial charge in [-0.2, -0.15) is 0 Å². The summed E-state index contributed by atoms with van der Waals surface area (Å²) in [5.41, 5.74) is 0.211. The summed E-state index contributed by atoms with van der Waals surface area (Å²) in [7, 11) is 1.40. The van der Waals surface area contributed by atoms with E-state index in [-0.39, 0.29) is 17.1 Å². The van der Waals surface area contributed by atoms with Crippen LogP contribution in [0.3, 0.4) is 0 Å². The van der Waals surface area contributed by atoms with Crippen LogP contribution in [-0.4, -0.2) is 35.5 Å². The summed E-state index contributed by atoms with van der Waals surface area (Å²) in [4.78, 5) is 22.5. The molecule has 7 heteroatoms. The molecule has 3 amide bonds. The number of methoxy groups -OCH3 is 1. The fraction of sp³-hybridized carbons (Fsp3) is 0.167. The molecule has 1 unspecified atom stereocenters. The Morgan fingerprint density at radius 2 is 2.11 bits per heavy atom. The van der Waals surface area contributed by atoms with Gasteiger partial charge in [0, 0.05) is 5.56 Å². The SMILES string of the molecule is COc1cccc(C=C2C(=O)NC(=O)NC2O)c1O. The maximum absolute atomic E-state index is 11.6. The molecule has 1 fully saturated rings. The van der Waals surface area contributed by atoms with Gasteiger partial charge in [-0.05, 0) is 12.1 Å². The second-order valence-electron chi connectivity index (χ2n) is 3.83. The van der Waals surface area contributed by atoms with E-state index in [1.54, 1.807) is 18.2 Å². The van der Waals surface area contributed by atoms with Gasteiger partial charge in [0.1, 0.15) is 0 Å². The van der Waals surface area contributed by atoms with E-state index < -0.39 is 18.2 Å². The van der Waals surface area contributed by atoms with E-state index in [0.29, 0.717) is 5.56 Å². The van der Waals surface area contributed by atoms with Crippen LogP contribution >= 0.6 is 0 Å². The maximum atomic E-state index is 11.6. The molecule has 1 aromatic rings. The number of imide groups is 1. The van der Waals surface area contributed by atoms with Gasteiger partial charge in [-0.15, -0.1) is 0 Å². The minimum Gasteiger partial charge on any atom is -0.504 e. The third-order valence-electron chi connectivity index (χ3n) is 2.61. The Bertz CT molecular complexity index is 567. The van der Waals surface area contributed by atoms with Gasteiger partial charge in [0.15, 0.2) is 17.7 Å². The van der Waals surface area contributed by atoms with Gasteiger partial charge in [0.2, 0.25) is 0 Å². The number of aromatic hydroxyl groups is 1. The highest BCUT2D eigenvalue weighted by atomic mass is 16.5. The normalized spacial score (nSPS) is 20.9. The molecule has 1 heterocycles. The summed E-state index contributed by atoms with van der Waals surface area (Å²) < 4.78 is 4.93. The number of carbonyl (C=O) groups is 2. The van der Waals surface area contributed by atoms with Crippen molar-refractivity contribution < 1.29 is 24.5 Å². The number of rotatable bonds is 2. The summed E-state index contributed by atoms with van der Waals surface area (Å²) in [5, 5.41) is 23.6. The summed E-state index contributed by atoms with van der Waals surface area (Å²) >= 11 is 0. The first-order valence-corrected chi connectivity index (χ1v) is 5.40. The van der Waals surface area contributed by atoms with Crippen molar-refractivity contribution >= 4 is 18.0 Å². The third kappa shape index (κ3) is 2.50. The number of benzene rings is 1. The minimum atomic E-state index is -1.42. The van der Waals surface area contributed by atoms with Gasteiger partial charge >= 0.3 is 6.03 Å². The zero-order valence-corrected chi connectivity index (χ0v) is 10.0. The molecule has 0 saturated carbocycles. The topological polar surface area (TPSA) is 108 Å². The number of urea groups is 1. The highest BCUT2D eigenvalue weighted by Gasteiger charge is 2.28. The van der Waals surface area contributed by atoms with Gasteiger partial charge in [-0.1, -0.05) is 12.1 Å². The van der Waals surface area contributed by atoms with Crippen molar-refractivity contribution in [3.05, 3.63) is 29.3 Å². The molecule has 19 heavy (non-hydrogen) atoms. The van der Waals surface area contributed by atoms with Crippen LogP contribution in [-0.2, 0) is 4.79 Å². The van der Waals surface area contributed by atoms with Crippen LogP contribution in [0.5, 0.6) is 11.5 Å². The largest absolute Gasteiger partial charge is 0.504 e. The van der Waals surface area contributed by atoms with E-state index in [1.807, 2.05) is 5.32 Å². The number of aliphatic hydroxyl groups is 1. The number of hydrogen-bond acceptors (Lipinski definition) is 5. The van der Waals surface area contributed by atoms with Crippen molar-refractivity contribution in [2.45, 2.75) is 6.23 Å². The van der Waals surface area contributed by atoms with Crippen molar-refractivity contribution in [2.75, 3.05) is 7.11 Å². The lowest BCUT2D eigenvalue weighted by atomic mass is 10.1. The molecule has 0 aliphatic carbocycles. The average molecular weight is 264 g/mol.